The molecule has 1 nitrogen and oxygen atoms in total. The van der Waals surface area contributed by atoms with E-state index in [0.717, 1.165) is 27.6 Å². The molecule has 0 spiro atoms. The number of fused-ring (bicyclic) bond motifs is 2. The number of nitrogens with zero attached hydrogens (tertiary/aromatic N) is 1. The molecule has 0 aromatic heterocycles. The molecule has 0 N–H and O–H groups in total. The van der Waals surface area contributed by atoms with Gasteiger partial charge in [-0.25, -0.2) is 0 Å². The molecule has 0 atom stereocenters. The number of hydrogen-bond donors (Lipinski definition) is 0. The molecule has 0 unspecified atom stereocenters. The maximum Gasteiger partial charge on any atom is 0.0651 e. The molecule has 0 saturated carbocycles. The second-order valence-electron chi connectivity index (χ2n) is 10.5. The maximum absolute atomic E-state index is 9.72. The summed E-state index contributed by atoms with van der Waals surface area (Å²) in [4.78, 5) is 1.31. The number of benzene rings is 8. The summed E-state index contributed by atoms with van der Waals surface area (Å²) in [7, 11) is 0. The summed E-state index contributed by atoms with van der Waals surface area (Å²) >= 11 is 0. The van der Waals surface area contributed by atoms with E-state index in [4.69, 9.17) is 11.0 Å². The van der Waals surface area contributed by atoms with Gasteiger partial charge in [-0.1, -0.05) is 158 Å². The average Bonchev–Trinajstić information content (AvgIpc) is 3.23. The predicted octanol–water partition coefficient (Wildman–Crippen LogP) is 12.5. The van der Waals surface area contributed by atoms with E-state index < -0.39 is 54.4 Å². The molecule has 1 heteroatoms. The van der Waals surface area contributed by atoms with Crippen molar-refractivity contribution < 1.29 is 15.1 Å². The van der Waals surface area contributed by atoms with E-state index in [0.29, 0.717) is 10.9 Å². The molecule has 0 fully saturated rings. The van der Waals surface area contributed by atoms with Crippen LogP contribution < -0.4 is 4.90 Å². The van der Waals surface area contributed by atoms with Crippen LogP contribution in [0.2, 0.25) is 0 Å². The largest absolute Gasteiger partial charge is 0.310 e. The molecule has 8 aromatic carbocycles. The zero-order chi connectivity index (χ0) is 39.6. The van der Waals surface area contributed by atoms with E-state index in [2.05, 4.69) is 0 Å². The van der Waals surface area contributed by atoms with Crippen LogP contribution in [0, 0.1) is 0 Å². The Morgan fingerprint density at radius 2 is 1.00 bits per heavy atom. The van der Waals surface area contributed by atoms with Gasteiger partial charge < -0.3 is 4.90 Å². The number of anilines is 3. The van der Waals surface area contributed by atoms with Gasteiger partial charge in [0.1, 0.15) is 0 Å². The Morgan fingerprint density at radius 1 is 0.378 bits per heavy atom. The third kappa shape index (κ3) is 5.15. The molecule has 212 valence electrons. The van der Waals surface area contributed by atoms with Gasteiger partial charge in [0.25, 0.3) is 0 Å². The first kappa shape index (κ1) is 17.4. The fourth-order valence-corrected chi connectivity index (χ4v) is 5.65. The van der Waals surface area contributed by atoms with E-state index >= 15 is 0 Å². The van der Waals surface area contributed by atoms with Crippen LogP contribution in [0.25, 0.3) is 54.9 Å². The second kappa shape index (κ2) is 11.6. The molecule has 8 rings (SSSR count). The minimum atomic E-state index is -0.620. The molecule has 0 saturated heterocycles. The Labute approximate surface area is 279 Å². The topological polar surface area (TPSA) is 3.24 Å². The fourth-order valence-electron chi connectivity index (χ4n) is 5.65. The zero-order valence-corrected chi connectivity index (χ0v) is 24.0. The normalized spacial score (nSPS) is 14.5. The van der Waals surface area contributed by atoms with Gasteiger partial charge in [-0.05, 0) is 79.8 Å². The first-order valence-corrected chi connectivity index (χ1v) is 14.5. The molecule has 0 aliphatic rings. The smallest absolute Gasteiger partial charge is 0.0651 e. The molecular formula is C44H31N. The number of rotatable bonds is 6. The van der Waals surface area contributed by atoms with Crippen molar-refractivity contribution in [1.82, 2.24) is 0 Å². The van der Waals surface area contributed by atoms with E-state index in [1.807, 2.05) is 84.9 Å². The minimum absolute atomic E-state index is 0.0545. The Balaban J connectivity index is 1.42. The lowest BCUT2D eigenvalue weighted by Crippen LogP contribution is -2.10. The van der Waals surface area contributed by atoms with Crippen LogP contribution >= 0.6 is 0 Å². The third-order valence-electron chi connectivity index (χ3n) is 7.86. The van der Waals surface area contributed by atoms with Gasteiger partial charge in [0.15, 0.2) is 0 Å². The molecular weight excluding hydrogens is 542 g/mol. The number of hydrogen-bond acceptors (Lipinski definition) is 1. The third-order valence-corrected chi connectivity index (χ3v) is 7.86. The minimum Gasteiger partial charge on any atom is -0.310 e. The standard InChI is InChI=1S/C44H31N/c1-2-11-32(12-3-1)33-23-25-34(26-24-33)35-27-29-39(30-28-35)45(44-22-10-16-37-14-5-7-20-43(37)44)40-18-8-17-38(31-40)42-21-9-15-36-13-4-6-19-41(36)42/h1-31H/i5D,7D,8D,10D,14D,16D,17D,18D,20D,22D,31D. The summed E-state index contributed by atoms with van der Waals surface area (Å²) in [5.41, 5.74) is 4.12. The SMILES string of the molecule is [2H]c1c([2H])c(-c2cccc3ccccc23)c([2H])c(N(c2ccc(-c3ccc(-c4ccccc4)cc3)cc2)c2c([2H])c([2H])c([2H])c3c([2H])c([2H])c([2H])c([2H])c23)c1[2H]. The second-order valence-corrected chi connectivity index (χ2v) is 10.5. The molecule has 0 bridgehead atoms. The predicted molar refractivity (Wildman–Crippen MR) is 192 cm³/mol. The molecule has 8 aromatic rings. The van der Waals surface area contributed by atoms with Gasteiger partial charge in [-0.15, -0.1) is 0 Å². The molecule has 0 amide bonds. The highest BCUT2D eigenvalue weighted by Gasteiger charge is 2.17. The van der Waals surface area contributed by atoms with Crippen LogP contribution in [0.15, 0.2) is 188 Å². The summed E-state index contributed by atoms with van der Waals surface area (Å²) in [6.07, 6.45) is 0. The van der Waals surface area contributed by atoms with Crippen LogP contribution in [0.4, 0.5) is 17.1 Å². The van der Waals surface area contributed by atoms with Crippen molar-refractivity contribution in [2.75, 3.05) is 4.90 Å². The van der Waals surface area contributed by atoms with Gasteiger partial charge in [-0.2, -0.15) is 0 Å². The summed E-state index contributed by atoms with van der Waals surface area (Å²) in [5.74, 6) is 0. The van der Waals surface area contributed by atoms with Crippen LogP contribution in [0.3, 0.4) is 0 Å². The van der Waals surface area contributed by atoms with E-state index in [9.17, 15) is 4.11 Å². The van der Waals surface area contributed by atoms with Crippen molar-refractivity contribution >= 4 is 38.6 Å². The summed E-state index contributed by atoms with van der Waals surface area (Å²) < 4.78 is 98.6. The van der Waals surface area contributed by atoms with Crippen molar-refractivity contribution in [3.8, 4) is 33.4 Å². The Bertz CT molecular complexity index is 2840. The van der Waals surface area contributed by atoms with E-state index in [1.54, 1.807) is 36.4 Å². The molecule has 0 heterocycles. The lowest BCUT2D eigenvalue weighted by Gasteiger charge is -2.27. The van der Waals surface area contributed by atoms with E-state index in [1.165, 1.54) is 4.90 Å². The Hall–Kier alpha value is -5.92. The first-order chi connectivity index (χ1) is 26.9. The Kier molecular flexibility index (Phi) is 4.50. The average molecular weight is 585 g/mol. The van der Waals surface area contributed by atoms with Crippen molar-refractivity contribution in [2.24, 2.45) is 0 Å². The summed E-state index contributed by atoms with van der Waals surface area (Å²) in [6, 6.07) is 32.0. The van der Waals surface area contributed by atoms with Crippen molar-refractivity contribution in [3.63, 3.8) is 0 Å². The highest BCUT2D eigenvalue weighted by atomic mass is 15.1. The highest BCUT2D eigenvalue weighted by Crippen LogP contribution is 2.41. The van der Waals surface area contributed by atoms with E-state index in [-0.39, 0.29) is 45.5 Å². The van der Waals surface area contributed by atoms with Crippen LogP contribution in [0.1, 0.15) is 15.1 Å². The van der Waals surface area contributed by atoms with Gasteiger partial charge in [0.05, 0.1) is 20.8 Å². The Morgan fingerprint density at radius 3 is 1.80 bits per heavy atom. The van der Waals surface area contributed by atoms with Gasteiger partial charge >= 0.3 is 0 Å². The van der Waals surface area contributed by atoms with Crippen LogP contribution in [-0.4, -0.2) is 0 Å². The quantitative estimate of drug-likeness (QED) is 0.188. The highest BCUT2D eigenvalue weighted by molar-refractivity contribution is 6.01. The van der Waals surface area contributed by atoms with Crippen LogP contribution in [-0.2, 0) is 0 Å². The fraction of sp³-hybridized carbons (Fsp3) is 0. The lowest BCUT2D eigenvalue weighted by atomic mass is 9.97. The monoisotopic (exact) mass is 584 g/mol. The van der Waals surface area contributed by atoms with Gasteiger partial charge in [0.2, 0.25) is 0 Å². The lowest BCUT2D eigenvalue weighted by molar-refractivity contribution is 1.30. The van der Waals surface area contributed by atoms with Gasteiger partial charge in [-0.3, -0.25) is 0 Å². The molecule has 0 aliphatic carbocycles. The van der Waals surface area contributed by atoms with Crippen molar-refractivity contribution in [3.05, 3.63) is 188 Å². The maximum atomic E-state index is 9.72. The summed E-state index contributed by atoms with van der Waals surface area (Å²) in [6.45, 7) is 0. The summed E-state index contributed by atoms with van der Waals surface area (Å²) in [5, 5.41) is 1.01. The van der Waals surface area contributed by atoms with Crippen molar-refractivity contribution in [1.29, 1.82) is 0 Å². The molecule has 0 aliphatic heterocycles. The molecule has 45 heavy (non-hydrogen) atoms. The van der Waals surface area contributed by atoms with Gasteiger partial charge in [0, 0.05) is 16.8 Å². The molecule has 0 radical (unpaired) electrons. The van der Waals surface area contributed by atoms with Crippen molar-refractivity contribution in [2.45, 2.75) is 0 Å². The zero-order valence-electron chi connectivity index (χ0n) is 35.0. The van der Waals surface area contributed by atoms with Crippen LogP contribution in [0.5, 0.6) is 0 Å². The first-order valence-electron chi connectivity index (χ1n) is 20.0.